The van der Waals surface area contributed by atoms with Crippen LogP contribution < -0.4 is 10.2 Å². The lowest BCUT2D eigenvalue weighted by atomic mass is 10.1. The first-order valence-electron chi connectivity index (χ1n) is 10.1. The first-order chi connectivity index (χ1) is 15.2. The molecular weight excluding hydrogens is 440 g/mol. The third-order valence-corrected chi connectivity index (χ3v) is 6.34. The van der Waals surface area contributed by atoms with E-state index in [-0.39, 0.29) is 29.3 Å². The second kappa shape index (κ2) is 8.93. The average molecular weight is 464 g/mol. The first-order valence-corrected chi connectivity index (χ1v) is 10.9. The topological polar surface area (TPSA) is 102 Å². The third-order valence-electron chi connectivity index (χ3n) is 5.39. The number of urea groups is 1. The highest BCUT2D eigenvalue weighted by molar-refractivity contribution is 7.22. The van der Waals surface area contributed by atoms with E-state index in [0.29, 0.717) is 30.3 Å². The Morgan fingerprint density at radius 1 is 1.28 bits per heavy atom. The van der Waals surface area contributed by atoms with E-state index in [2.05, 4.69) is 15.3 Å². The summed E-state index contributed by atoms with van der Waals surface area (Å²) in [5.41, 5.74) is 0.678. The molecule has 11 heteroatoms. The number of pyridine rings is 1. The van der Waals surface area contributed by atoms with Crippen molar-refractivity contribution < 1.29 is 23.8 Å². The van der Waals surface area contributed by atoms with Crippen LogP contribution in [0.5, 0.6) is 0 Å². The van der Waals surface area contributed by atoms with E-state index in [1.165, 1.54) is 42.7 Å². The van der Waals surface area contributed by atoms with Crippen molar-refractivity contribution in [1.29, 1.82) is 0 Å². The summed E-state index contributed by atoms with van der Waals surface area (Å²) in [6.45, 7) is 4.32. The Hall–Kier alpha value is -2.89. The lowest BCUT2D eigenvalue weighted by molar-refractivity contribution is 0.0301. The summed E-state index contributed by atoms with van der Waals surface area (Å²) < 4.78 is 28.8. The van der Waals surface area contributed by atoms with Crippen LogP contribution in [0.3, 0.4) is 0 Å². The summed E-state index contributed by atoms with van der Waals surface area (Å²) in [7, 11) is 0. The standard InChI is InChI=1S/C21H23F2N5O3S/c1-11-10-27(21(31)26-20-25-16-8-14(22)3-4-17(16)32-20)5-6-28(11)19-15(23)7-13(9-24-19)18(30)12(2)29/h3-4,7-9,11-12,18,29-30H,5-6,10H2,1-2H3,(H,25,26,31)/t11?,12-,18+/m1/s1. The molecular formula is C21H23F2N5O3S. The molecule has 1 aliphatic rings. The number of thiazole rings is 1. The minimum absolute atomic E-state index is 0.132. The molecule has 0 bridgehead atoms. The number of nitrogens with zero attached hydrogens (tertiary/aromatic N) is 4. The molecule has 4 rings (SSSR count). The van der Waals surface area contributed by atoms with Gasteiger partial charge in [-0.05, 0) is 32.0 Å². The highest BCUT2D eigenvalue weighted by atomic mass is 32.1. The molecule has 1 saturated heterocycles. The van der Waals surface area contributed by atoms with Crippen LogP contribution >= 0.6 is 11.3 Å². The van der Waals surface area contributed by atoms with Crippen molar-refractivity contribution in [3.05, 3.63) is 47.7 Å². The smallest absolute Gasteiger partial charge is 0.323 e. The Kier molecular flexibility index (Phi) is 6.22. The molecule has 1 fully saturated rings. The number of carbonyl (C=O) groups excluding carboxylic acids is 1. The minimum atomic E-state index is -1.22. The monoisotopic (exact) mass is 463 g/mol. The predicted octanol–water partition coefficient (Wildman–Crippen LogP) is 3.13. The molecule has 3 atom stereocenters. The molecule has 1 unspecified atom stereocenters. The molecule has 0 saturated carbocycles. The number of halogens is 2. The quantitative estimate of drug-likeness (QED) is 0.550. The van der Waals surface area contributed by atoms with Crippen molar-refractivity contribution >= 4 is 38.5 Å². The average Bonchev–Trinajstić information content (AvgIpc) is 3.14. The molecule has 2 aromatic heterocycles. The number of hydrogen-bond acceptors (Lipinski definition) is 7. The number of piperazine rings is 1. The Balaban J connectivity index is 1.42. The van der Waals surface area contributed by atoms with Crippen molar-refractivity contribution in [3.8, 4) is 0 Å². The highest BCUT2D eigenvalue weighted by Gasteiger charge is 2.30. The van der Waals surface area contributed by atoms with Crippen molar-refractivity contribution in [3.63, 3.8) is 0 Å². The molecule has 0 radical (unpaired) electrons. The van der Waals surface area contributed by atoms with E-state index >= 15 is 0 Å². The molecule has 170 valence electrons. The summed E-state index contributed by atoms with van der Waals surface area (Å²) in [5, 5.41) is 22.5. The summed E-state index contributed by atoms with van der Waals surface area (Å²) in [5.74, 6) is -0.860. The number of amides is 2. The van der Waals surface area contributed by atoms with Gasteiger partial charge in [0.1, 0.15) is 11.9 Å². The number of hydrogen-bond donors (Lipinski definition) is 3. The molecule has 1 aromatic carbocycles. The maximum atomic E-state index is 14.7. The Morgan fingerprint density at radius 3 is 2.75 bits per heavy atom. The van der Waals surface area contributed by atoms with Gasteiger partial charge in [-0.25, -0.2) is 23.5 Å². The number of aliphatic hydroxyl groups is 2. The Labute approximate surface area is 187 Å². The number of nitrogens with one attached hydrogen (secondary N) is 1. The van der Waals surface area contributed by atoms with E-state index in [9.17, 15) is 23.8 Å². The van der Waals surface area contributed by atoms with Gasteiger partial charge in [-0.3, -0.25) is 5.32 Å². The van der Waals surface area contributed by atoms with Crippen LogP contribution in [0.15, 0.2) is 30.5 Å². The largest absolute Gasteiger partial charge is 0.390 e. The van der Waals surface area contributed by atoms with Gasteiger partial charge in [-0.15, -0.1) is 0 Å². The first kappa shape index (κ1) is 22.3. The van der Waals surface area contributed by atoms with E-state index in [1.54, 1.807) is 15.9 Å². The van der Waals surface area contributed by atoms with Crippen LogP contribution in [0, 0.1) is 11.6 Å². The van der Waals surface area contributed by atoms with Crippen LogP contribution in [-0.2, 0) is 0 Å². The summed E-state index contributed by atoms with van der Waals surface area (Å²) in [4.78, 5) is 24.5. The zero-order chi connectivity index (χ0) is 23.0. The minimum Gasteiger partial charge on any atom is -0.390 e. The van der Waals surface area contributed by atoms with Crippen molar-refractivity contribution in [2.45, 2.75) is 32.1 Å². The van der Waals surface area contributed by atoms with Gasteiger partial charge in [-0.1, -0.05) is 11.3 Å². The van der Waals surface area contributed by atoms with Crippen LogP contribution in [0.4, 0.5) is 24.5 Å². The van der Waals surface area contributed by atoms with Crippen molar-refractivity contribution in [1.82, 2.24) is 14.9 Å². The van der Waals surface area contributed by atoms with E-state index in [4.69, 9.17) is 0 Å². The van der Waals surface area contributed by atoms with Crippen LogP contribution in [-0.4, -0.2) is 62.9 Å². The lowest BCUT2D eigenvalue weighted by Gasteiger charge is -2.40. The number of carbonyl (C=O) groups is 1. The molecule has 32 heavy (non-hydrogen) atoms. The van der Waals surface area contributed by atoms with E-state index in [0.717, 1.165) is 4.70 Å². The van der Waals surface area contributed by atoms with Crippen LogP contribution in [0.1, 0.15) is 25.5 Å². The van der Waals surface area contributed by atoms with Gasteiger partial charge >= 0.3 is 6.03 Å². The zero-order valence-electron chi connectivity index (χ0n) is 17.5. The molecule has 3 N–H and O–H groups in total. The number of benzene rings is 1. The highest BCUT2D eigenvalue weighted by Crippen LogP contribution is 2.28. The predicted molar refractivity (Wildman–Crippen MR) is 118 cm³/mol. The normalized spacial score (nSPS) is 18.6. The van der Waals surface area contributed by atoms with E-state index < -0.39 is 18.0 Å². The maximum Gasteiger partial charge on any atom is 0.323 e. The number of aliphatic hydroxyl groups excluding tert-OH is 2. The Bertz CT molecular complexity index is 1140. The molecule has 8 nitrogen and oxygen atoms in total. The number of anilines is 2. The van der Waals surface area contributed by atoms with Gasteiger partial charge in [0.05, 0.1) is 16.3 Å². The fourth-order valence-electron chi connectivity index (χ4n) is 3.68. The maximum absolute atomic E-state index is 14.7. The van der Waals surface area contributed by atoms with Crippen molar-refractivity contribution in [2.24, 2.45) is 0 Å². The molecule has 3 aromatic rings. The van der Waals surface area contributed by atoms with Gasteiger partial charge in [0.2, 0.25) is 0 Å². The summed E-state index contributed by atoms with van der Waals surface area (Å²) in [6.07, 6.45) is -0.919. The molecule has 3 heterocycles. The van der Waals surface area contributed by atoms with Gasteiger partial charge in [0, 0.05) is 43.5 Å². The number of rotatable bonds is 4. The fraction of sp³-hybridized carbons (Fsp3) is 0.381. The van der Waals surface area contributed by atoms with Gasteiger partial charge in [0.25, 0.3) is 0 Å². The lowest BCUT2D eigenvalue weighted by Crippen LogP contribution is -2.55. The second-order valence-electron chi connectivity index (χ2n) is 7.81. The van der Waals surface area contributed by atoms with Gasteiger partial charge < -0.3 is 20.0 Å². The zero-order valence-corrected chi connectivity index (χ0v) is 18.3. The van der Waals surface area contributed by atoms with Crippen LogP contribution in [0.2, 0.25) is 0 Å². The number of aromatic nitrogens is 2. The molecule has 2 amide bonds. The van der Waals surface area contributed by atoms with Crippen molar-refractivity contribution in [2.75, 3.05) is 29.9 Å². The van der Waals surface area contributed by atoms with Gasteiger partial charge in [-0.2, -0.15) is 0 Å². The summed E-state index contributed by atoms with van der Waals surface area (Å²) >= 11 is 1.26. The SMILES string of the molecule is CC1CN(C(=O)Nc2nc3cc(F)ccc3s2)CCN1c1ncc([C@@H](O)[C@@H](C)O)cc1F. The Morgan fingerprint density at radius 2 is 2.06 bits per heavy atom. The molecule has 0 spiro atoms. The van der Waals surface area contributed by atoms with Crippen LogP contribution in [0.25, 0.3) is 10.2 Å². The molecule has 0 aliphatic carbocycles. The van der Waals surface area contributed by atoms with E-state index in [1.807, 2.05) is 6.92 Å². The molecule has 1 aliphatic heterocycles. The second-order valence-corrected chi connectivity index (χ2v) is 8.84. The fourth-order valence-corrected chi connectivity index (χ4v) is 4.51. The van der Waals surface area contributed by atoms with Gasteiger partial charge in [0.15, 0.2) is 16.8 Å². The number of fused-ring (bicyclic) bond motifs is 1. The summed E-state index contributed by atoms with van der Waals surface area (Å²) in [6, 6.07) is 4.90. The third kappa shape index (κ3) is 4.50.